The Balaban J connectivity index is 1.42. The molecule has 0 spiro atoms. The SMILES string of the molecule is CSCn1nnnc1C1CC2(c3ccccc3)C(OCc3cc(C(F)(F)F)cc(C(F)(F)F)c3)CCC1N2Cc1ccccc1. The second kappa shape index (κ2) is 12.4. The van der Waals surface area contributed by atoms with Crippen LogP contribution in [0.1, 0.15) is 58.8 Å². The molecule has 0 aliphatic carbocycles. The van der Waals surface area contributed by atoms with Gasteiger partial charge in [0.1, 0.15) is 0 Å². The van der Waals surface area contributed by atoms with Crippen LogP contribution in [0.5, 0.6) is 0 Å². The third-order valence-corrected chi connectivity index (χ3v) is 9.38. The molecule has 0 amide bonds. The number of tetrazole rings is 1. The van der Waals surface area contributed by atoms with Crippen molar-refractivity contribution in [3.05, 3.63) is 113 Å². The van der Waals surface area contributed by atoms with Gasteiger partial charge in [0.15, 0.2) is 5.82 Å². The molecule has 238 valence electrons. The number of fused-ring (bicyclic) bond motifs is 2. The zero-order chi connectivity index (χ0) is 31.8. The molecule has 2 aliphatic heterocycles. The van der Waals surface area contributed by atoms with E-state index in [2.05, 4.69) is 20.4 Å². The van der Waals surface area contributed by atoms with Crippen molar-refractivity contribution in [2.45, 2.75) is 74.2 Å². The number of piperidine rings is 1. The van der Waals surface area contributed by atoms with Gasteiger partial charge in [-0.3, -0.25) is 4.90 Å². The number of alkyl halides is 6. The van der Waals surface area contributed by atoms with Gasteiger partial charge in [0.25, 0.3) is 0 Å². The first-order valence-electron chi connectivity index (χ1n) is 14.5. The minimum Gasteiger partial charge on any atom is -0.371 e. The largest absolute Gasteiger partial charge is 0.416 e. The average Bonchev–Trinajstić information content (AvgIpc) is 3.55. The Bertz CT molecular complexity index is 1570. The number of hydrogen-bond acceptors (Lipinski definition) is 6. The maximum absolute atomic E-state index is 13.6. The minimum atomic E-state index is -4.94. The van der Waals surface area contributed by atoms with Gasteiger partial charge in [-0.15, -0.1) is 16.9 Å². The fourth-order valence-electron chi connectivity index (χ4n) is 7.05. The van der Waals surface area contributed by atoms with E-state index in [1.165, 1.54) is 0 Å². The maximum atomic E-state index is 13.6. The Labute approximate surface area is 260 Å². The van der Waals surface area contributed by atoms with E-state index in [1.807, 2.05) is 66.9 Å². The lowest BCUT2D eigenvalue weighted by Crippen LogP contribution is -2.56. The highest BCUT2D eigenvalue weighted by Crippen LogP contribution is 2.57. The molecule has 2 saturated heterocycles. The number of halogens is 6. The molecule has 2 aliphatic rings. The molecule has 4 atom stereocenters. The maximum Gasteiger partial charge on any atom is 0.416 e. The molecule has 0 saturated carbocycles. The molecule has 1 aromatic heterocycles. The van der Waals surface area contributed by atoms with E-state index < -0.39 is 41.7 Å². The summed E-state index contributed by atoms with van der Waals surface area (Å²) in [5.41, 5.74) is -1.62. The highest BCUT2D eigenvalue weighted by Gasteiger charge is 2.61. The van der Waals surface area contributed by atoms with E-state index in [1.54, 1.807) is 16.4 Å². The van der Waals surface area contributed by atoms with Crippen LogP contribution in [-0.4, -0.2) is 43.5 Å². The van der Waals surface area contributed by atoms with Gasteiger partial charge in [-0.1, -0.05) is 60.7 Å². The van der Waals surface area contributed by atoms with Gasteiger partial charge < -0.3 is 4.74 Å². The first kappa shape index (κ1) is 31.6. The van der Waals surface area contributed by atoms with Gasteiger partial charge in [0.05, 0.1) is 35.3 Å². The number of ether oxygens (including phenoxy) is 1. The predicted molar refractivity (Wildman–Crippen MR) is 157 cm³/mol. The Morgan fingerprint density at radius 1 is 0.867 bits per heavy atom. The van der Waals surface area contributed by atoms with Gasteiger partial charge in [0.2, 0.25) is 0 Å². The first-order chi connectivity index (χ1) is 21.5. The summed E-state index contributed by atoms with van der Waals surface area (Å²) in [5, 5.41) is 12.6. The molecule has 0 N–H and O–H groups in total. The molecule has 0 radical (unpaired) electrons. The Morgan fingerprint density at radius 2 is 1.51 bits per heavy atom. The summed E-state index contributed by atoms with van der Waals surface area (Å²) < 4.78 is 90.0. The van der Waals surface area contributed by atoms with Gasteiger partial charge in [-0.05, 0) is 70.8 Å². The van der Waals surface area contributed by atoms with Crippen molar-refractivity contribution in [3.63, 3.8) is 0 Å². The smallest absolute Gasteiger partial charge is 0.371 e. The van der Waals surface area contributed by atoms with E-state index in [9.17, 15) is 26.3 Å². The molecule has 6 rings (SSSR count). The second-order valence-corrected chi connectivity index (χ2v) is 12.4. The summed E-state index contributed by atoms with van der Waals surface area (Å²) in [5.74, 6) is 1.23. The van der Waals surface area contributed by atoms with Crippen LogP contribution in [0.4, 0.5) is 26.3 Å². The van der Waals surface area contributed by atoms with E-state index in [0.29, 0.717) is 31.7 Å². The summed E-state index contributed by atoms with van der Waals surface area (Å²) in [6.45, 7) is 0.146. The predicted octanol–water partition coefficient (Wildman–Crippen LogP) is 7.66. The van der Waals surface area contributed by atoms with Crippen molar-refractivity contribution in [2.75, 3.05) is 6.26 Å². The molecule has 3 aromatic carbocycles. The molecular formula is C32H31F6N5OS. The van der Waals surface area contributed by atoms with Gasteiger partial charge in [0, 0.05) is 18.5 Å². The molecule has 6 nitrogen and oxygen atoms in total. The Kier molecular flexibility index (Phi) is 8.70. The van der Waals surface area contributed by atoms with E-state index >= 15 is 0 Å². The number of rotatable bonds is 9. The summed E-state index contributed by atoms with van der Waals surface area (Å²) in [6.07, 6.45) is -6.66. The number of nitrogens with zero attached hydrogens (tertiary/aromatic N) is 5. The molecule has 2 fully saturated rings. The highest BCUT2D eigenvalue weighted by atomic mass is 32.2. The van der Waals surface area contributed by atoms with Crippen molar-refractivity contribution in [3.8, 4) is 0 Å². The van der Waals surface area contributed by atoms with Crippen molar-refractivity contribution in [1.82, 2.24) is 25.1 Å². The average molecular weight is 648 g/mol. The van der Waals surface area contributed by atoms with Gasteiger partial charge in [-0.25, -0.2) is 4.68 Å². The van der Waals surface area contributed by atoms with E-state index in [4.69, 9.17) is 4.74 Å². The van der Waals surface area contributed by atoms with Crippen LogP contribution in [-0.2, 0) is 41.7 Å². The van der Waals surface area contributed by atoms with Gasteiger partial charge >= 0.3 is 12.4 Å². The fraction of sp³-hybridized carbons (Fsp3) is 0.406. The van der Waals surface area contributed by atoms with Crippen LogP contribution in [0.25, 0.3) is 0 Å². The molecule has 45 heavy (non-hydrogen) atoms. The van der Waals surface area contributed by atoms with Crippen LogP contribution >= 0.6 is 11.8 Å². The van der Waals surface area contributed by atoms with E-state index in [0.717, 1.165) is 29.1 Å². The van der Waals surface area contributed by atoms with Crippen molar-refractivity contribution >= 4 is 11.8 Å². The van der Waals surface area contributed by atoms with E-state index in [-0.39, 0.29) is 23.6 Å². The zero-order valence-electron chi connectivity index (χ0n) is 24.3. The second-order valence-electron chi connectivity index (χ2n) is 11.5. The van der Waals surface area contributed by atoms with Crippen molar-refractivity contribution < 1.29 is 31.1 Å². The van der Waals surface area contributed by atoms with Crippen molar-refractivity contribution in [2.24, 2.45) is 0 Å². The Morgan fingerprint density at radius 3 is 2.13 bits per heavy atom. The lowest BCUT2D eigenvalue weighted by Gasteiger charge is -2.50. The molecule has 3 heterocycles. The zero-order valence-corrected chi connectivity index (χ0v) is 25.1. The third-order valence-electron chi connectivity index (χ3n) is 8.88. The van der Waals surface area contributed by atoms with Crippen molar-refractivity contribution in [1.29, 1.82) is 0 Å². The monoisotopic (exact) mass is 647 g/mol. The lowest BCUT2D eigenvalue weighted by atomic mass is 9.78. The standard InChI is InChI=1S/C32H31F6N5OS/c1-45-20-43-29(39-40-41-43)26-17-30(23-10-6-3-7-11-23)28(13-12-27(26)42(30)18-21-8-4-2-5-9-21)44-19-22-14-24(31(33,34)35)16-25(15-22)32(36,37)38/h2-11,14-16,26-28H,12-13,17-20H2,1H3. The first-order valence-corrected chi connectivity index (χ1v) is 15.9. The molecule has 13 heteroatoms. The normalized spacial score (nSPS) is 23.8. The molecule has 2 bridgehead atoms. The fourth-order valence-corrected chi connectivity index (χ4v) is 7.47. The van der Waals surface area contributed by atoms with Crippen LogP contribution in [0.15, 0.2) is 78.9 Å². The molecular weight excluding hydrogens is 616 g/mol. The summed E-state index contributed by atoms with van der Waals surface area (Å²) in [4.78, 5) is 2.39. The highest BCUT2D eigenvalue weighted by molar-refractivity contribution is 7.97. The quantitative estimate of drug-likeness (QED) is 0.174. The minimum absolute atomic E-state index is 0.0160. The number of thioether (sulfide) groups is 1. The van der Waals surface area contributed by atoms with Crippen LogP contribution in [0, 0.1) is 0 Å². The van der Waals surface area contributed by atoms with Gasteiger partial charge in [-0.2, -0.15) is 26.3 Å². The van der Waals surface area contributed by atoms with Crippen LogP contribution in [0.3, 0.4) is 0 Å². The summed E-state index contributed by atoms with van der Waals surface area (Å²) >= 11 is 1.59. The van der Waals surface area contributed by atoms with Crippen LogP contribution in [0.2, 0.25) is 0 Å². The lowest BCUT2D eigenvalue weighted by molar-refractivity contribution is -0.143. The Hall–Kier alpha value is -3.42. The summed E-state index contributed by atoms with van der Waals surface area (Å²) in [6, 6.07) is 21.4. The van der Waals surface area contributed by atoms with Crippen LogP contribution < -0.4 is 0 Å². The number of benzene rings is 3. The summed E-state index contributed by atoms with van der Waals surface area (Å²) in [7, 11) is 0. The topological polar surface area (TPSA) is 56.1 Å². The number of hydrogen-bond donors (Lipinski definition) is 0. The number of aromatic nitrogens is 4. The molecule has 4 unspecified atom stereocenters. The third kappa shape index (κ3) is 6.22. The molecule has 4 aromatic rings.